The molecule has 1 heterocycles. The summed E-state index contributed by atoms with van der Waals surface area (Å²) < 4.78 is 0. The van der Waals surface area contributed by atoms with E-state index < -0.39 is 6.04 Å². The Bertz CT molecular complexity index is 810. The van der Waals surface area contributed by atoms with E-state index >= 15 is 0 Å². The molecule has 0 bridgehead atoms. The van der Waals surface area contributed by atoms with Gasteiger partial charge >= 0.3 is 0 Å². The second-order valence-electron chi connectivity index (χ2n) is 6.91. The van der Waals surface area contributed by atoms with Crippen LogP contribution < -0.4 is 10.2 Å². The summed E-state index contributed by atoms with van der Waals surface area (Å²) in [5, 5.41) is 3.60. The van der Waals surface area contributed by atoms with Crippen LogP contribution in [0.3, 0.4) is 0 Å². The predicted molar refractivity (Wildman–Crippen MR) is 112 cm³/mol. The van der Waals surface area contributed by atoms with Crippen LogP contribution in [0.15, 0.2) is 48.8 Å². The summed E-state index contributed by atoms with van der Waals surface area (Å²) in [7, 11) is 0. The lowest BCUT2D eigenvalue weighted by Crippen LogP contribution is -2.47. The van der Waals surface area contributed by atoms with E-state index in [2.05, 4.69) is 10.3 Å². The molecule has 2 aromatic rings. The van der Waals surface area contributed by atoms with Gasteiger partial charge in [-0.25, -0.2) is 0 Å². The Morgan fingerprint density at radius 3 is 2.61 bits per heavy atom. The van der Waals surface area contributed by atoms with Crippen LogP contribution in [0.4, 0.5) is 5.69 Å². The Kier molecular flexibility index (Phi) is 7.29. The van der Waals surface area contributed by atoms with Crippen molar-refractivity contribution in [3.8, 4) is 0 Å². The molecular formula is C21H23Cl2N3O2. The average molecular weight is 420 g/mol. The summed E-state index contributed by atoms with van der Waals surface area (Å²) in [6, 6.07) is 9.64. The van der Waals surface area contributed by atoms with Gasteiger partial charge in [-0.2, -0.15) is 0 Å². The summed E-state index contributed by atoms with van der Waals surface area (Å²) >= 11 is 12.0. The van der Waals surface area contributed by atoms with Crippen LogP contribution in [0.5, 0.6) is 0 Å². The van der Waals surface area contributed by atoms with Gasteiger partial charge in [-0.1, -0.05) is 43.0 Å². The monoisotopic (exact) mass is 419 g/mol. The molecule has 0 saturated heterocycles. The Hall–Kier alpha value is -2.11. The molecule has 3 rings (SSSR count). The van der Waals surface area contributed by atoms with E-state index in [0.29, 0.717) is 16.3 Å². The molecule has 1 atom stereocenters. The summed E-state index contributed by atoms with van der Waals surface area (Å²) in [6.45, 7) is 0. The van der Waals surface area contributed by atoms with Gasteiger partial charge < -0.3 is 5.32 Å². The Labute approximate surface area is 175 Å². The first-order valence-corrected chi connectivity index (χ1v) is 10.4. The number of pyridine rings is 1. The minimum absolute atomic E-state index is 0.118. The van der Waals surface area contributed by atoms with Gasteiger partial charge in [0.25, 0.3) is 0 Å². The molecule has 148 valence electrons. The van der Waals surface area contributed by atoms with Crippen molar-refractivity contribution in [2.75, 3.05) is 10.8 Å². The molecule has 2 amide bonds. The van der Waals surface area contributed by atoms with Crippen LogP contribution in [0, 0.1) is 0 Å². The standard InChI is InChI=1S/C21H23Cl2N3O2/c22-13-19(27)26(18-10-4-7-16(23)12-18)20(15-6-5-11-24-14-15)21(28)25-17-8-2-1-3-9-17/h4-7,10-12,14,17,20H,1-3,8-9,13H2,(H,25,28)/t20-/m0/s1. The first-order chi connectivity index (χ1) is 13.6. The zero-order valence-electron chi connectivity index (χ0n) is 15.5. The van der Waals surface area contributed by atoms with Gasteiger partial charge in [0.2, 0.25) is 11.8 Å². The summed E-state index contributed by atoms with van der Waals surface area (Å²) in [6.07, 6.45) is 8.52. The molecule has 0 aliphatic heterocycles. The molecular weight excluding hydrogens is 397 g/mol. The molecule has 1 aliphatic rings. The molecule has 28 heavy (non-hydrogen) atoms. The molecule has 1 fully saturated rings. The van der Waals surface area contributed by atoms with E-state index in [4.69, 9.17) is 23.2 Å². The number of halogens is 2. The first kappa shape index (κ1) is 20.6. The molecule has 1 saturated carbocycles. The van der Waals surface area contributed by atoms with Crippen molar-refractivity contribution < 1.29 is 9.59 Å². The predicted octanol–water partition coefficient (Wildman–Crippen LogP) is 4.50. The number of hydrogen-bond donors (Lipinski definition) is 1. The van der Waals surface area contributed by atoms with E-state index in [9.17, 15) is 9.59 Å². The van der Waals surface area contributed by atoms with Crippen molar-refractivity contribution in [3.05, 3.63) is 59.4 Å². The van der Waals surface area contributed by atoms with Gasteiger partial charge in [0.15, 0.2) is 0 Å². The number of carbonyl (C=O) groups is 2. The lowest BCUT2D eigenvalue weighted by molar-refractivity contribution is -0.126. The normalized spacial score (nSPS) is 15.6. The Morgan fingerprint density at radius 1 is 1.18 bits per heavy atom. The Balaban J connectivity index is 1.99. The third kappa shape index (κ3) is 5.03. The van der Waals surface area contributed by atoms with Crippen molar-refractivity contribution in [1.29, 1.82) is 0 Å². The Morgan fingerprint density at radius 2 is 1.96 bits per heavy atom. The van der Waals surface area contributed by atoms with Gasteiger partial charge in [0.05, 0.1) is 0 Å². The van der Waals surface area contributed by atoms with E-state index in [1.807, 2.05) is 0 Å². The topological polar surface area (TPSA) is 62.3 Å². The highest BCUT2D eigenvalue weighted by atomic mass is 35.5. The number of benzene rings is 1. The second-order valence-corrected chi connectivity index (χ2v) is 7.61. The number of nitrogens with zero attached hydrogens (tertiary/aromatic N) is 2. The zero-order valence-corrected chi connectivity index (χ0v) is 17.0. The number of carbonyl (C=O) groups excluding carboxylic acids is 2. The quantitative estimate of drug-likeness (QED) is 0.701. The highest BCUT2D eigenvalue weighted by Crippen LogP contribution is 2.30. The fraction of sp³-hybridized carbons (Fsp3) is 0.381. The van der Waals surface area contributed by atoms with Gasteiger partial charge in [0, 0.05) is 34.7 Å². The van der Waals surface area contributed by atoms with Crippen molar-refractivity contribution in [3.63, 3.8) is 0 Å². The highest BCUT2D eigenvalue weighted by Gasteiger charge is 2.33. The highest BCUT2D eigenvalue weighted by molar-refractivity contribution is 6.31. The van der Waals surface area contributed by atoms with Crippen molar-refractivity contribution >= 4 is 40.7 Å². The number of aromatic nitrogens is 1. The van der Waals surface area contributed by atoms with Crippen LogP contribution in [-0.4, -0.2) is 28.7 Å². The van der Waals surface area contributed by atoms with Crippen molar-refractivity contribution in [2.24, 2.45) is 0 Å². The minimum Gasteiger partial charge on any atom is -0.351 e. The average Bonchev–Trinajstić information content (AvgIpc) is 2.72. The maximum atomic E-state index is 13.3. The molecule has 0 radical (unpaired) electrons. The zero-order chi connectivity index (χ0) is 19.9. The molecule has 0 unspecified atom stereocenters. The fourth-order valence-electron chi connectivity index (χ4n) is 3.61. The van der Waals surface area contributed by atoms with Crippen LogP contribution in [-0.2, 0) is 9.59 Å². The fourth-order valence-corrected chi connectivity index (χ4v) is 3.92. The van der Waals surface area contributed by atoms with Gasteiger partial charge in [-0.15, -0.1) is 11.6 Å². The summed E-state index contributed by atoms with van der Waals surface area (Å²) in [5.74, 6) is -0.866. The van der Waals surface area contributed by atoms with E-state index in [0.717, 1.165) is 25.7 Å². The van der Waals surface area contributed by atoms with Gasteiger partial charge in [-0.05, 0) is 37.1 Å². The number of amides is 2. The van der Waals surface area contributed by atoms with E-state index in [1.54, 1.807) is 48.8 Å². The molecule has 0 spiro atoms. The molecule has 1 aromatic heterocycles. The molecule has 7 heteroatoms. The van der Waals surface area contributed by atoms with Crippen LogP contribution >= 0.6 is 23.2 Å². The van der Waals surface area contributed by atoms with Gasteiger partial charge in [0.1, 0.15) is 11.9 Å². The second kappa shape index (κ2) is 9.89. The van der Waals surface area contributed by atoms with Gasteiger partial charge in [-0.3, -0.25) is 19.5 Å². The SMILES string of the molecule is O=C(NC1CCCCC1)[C@H](c1cccnc1)N(C(=O)CCl)c1cccc(Cl)c1. The number of rotatable bonds is 6. The third-order valence-electron chi connectivity index (χ3n) is 4.93. The lowest BCUT2D eigenvalue weighted by Gasteiger charge is -2.33. The van der Waals surface area contributed by atoms with E-state index in [-0.39, 0.29) is 23.7 Å². The maximum absolute atomic E-state index is 13.3. The summed E-state index contributed by atoms with van der Waals surface area (Å²) in [5.41, 5.74) is 1.14. The number of hydrogen-bond acceptors (Lipinski definition) is 3. The smallest absolute Gasteiger partial charge is 0.248 e. The first-order valence-electron chi connectivity index (χ1n) is 9.44. The maximum Gasteiger partial charge on any atom is 0.248 e. The molecule has 1 aliphatic carbocycles. The number of alkyl halides is 1. The summed E-state index contributed by atoms with van der Waals surface area (Å²) in [4.78, 5) is 31.7. The lowest BCUT2D eigenvalue weighted by atomic mass is 9.94. The largest absolute Gasteiger partial charge is 0.351 e. The van der Waals surface area contributed by atoms with Crippen LogP contribution in [0.25, 0.3) is 0 Å². The third-order valence-corrected chi connectivity index (χ3v) is 5.39. The molecule has 5 nitrogen and oxygen atoms in total. The van der Waals surface area contributed by atoms with E-state index in [1.165, 1.54) is 11.3 Å². The van der Waals surface area contributed by atoms with Crippen molar-refractivity contribution in [1.82, 2.24) is 10.3 Å². The molecule has 1 aromatic carbocycles. The number of nitrogens with one attached hydrogen (secondary N) is 1. The number of anilines is 1. The van der Waals surface area contributed by atoms with Crippen LogP contribution in [0.1, 0.15) is 43.7 Å². The minimum atomic E-state index is -0.875. The molecule has 1 N–H and O–H groups in total. The van der Waals surface area contributed by atoms with Crippen LogP contribution in [0.2, 0.25) is 5.02 Å². The van der Waals surface area contributed by atoms with Crippen molar-refractivity contribution in [2.45, 2.75) is 44.2 Å².